The fourth-order valence-corrected chi connectivity index (χ4v) is 2.51. The molecule has 1 aromatic carbocycles. The molecule has 4 heteroatoms. The van der Waals surface area contributed by atoms with Gasteiger partial charge in [0.2, 0.25) is 0 Å². The molecule has 0 aromatic heterocycles. The van der Waals surface area contributed by atoms with Gasteiger partial charge in [-0.2, -0.15) is 0 Å². The van der Waals surface area contributed by atoms with E-state index in [9.17, 15) is 9.18 Å². The standard InChI is InChI=1S/C15H22FNO2/c1-4-17(12(3)10-15(18)19)11(2)9-13-5-7-14(16)8-6-13/h5-8,11-12H,4,9-10H2,1-3H3,(H,18,19). The summed E-state index contributed by atoms with van der Waals surface area (Å²) in [6.45, 7) is 6.83. The molecule has 19 heavy (non-hydrogen) atoms. The van der Waals surface area contributed by atoms with Gasteiger partial charge >= 0.3 is 5.97 Å². The summed E-state index contributed by atoms with van der Waals surface area (Å²) in [4.78, 5) is 12.9. The summed E-state index contributed by atoms with van der Waals surface area (Å²) in [6, 6.07) is 6.70. The van der Waals surface area contributed by atoms with Gasteiger partial charge in [0.1, 0.15) is 5.82 Å². The maximum Gasteiger partial charge on any atom is 0.304 e. The van der Waals surface area contributed by atoms with Gasteiger partial charge in [0.25, 0.3) is 0 Å². The average molecular weight is 267 g/mol. The van der Waals surface area contributed by atoms with Crippen molar-refractivity contribution in [2.75, 3.05) is 6.54 Å². The third kappa shape index (κ3) is 4.99. The second-order valence-corrected chi connectivity index (χ2v) is 4.96. The fraction of sp³-hybridized carbons (Fsp3) is 0.533. The lowest BCUT2D eigenvalue weighted by atomic mass is 10.0. The topological polar surface area (TPSA) is 40.5 Å². The monoisotopic (exact) mass is 267 g/mol. The zero-order chi connectivity index (χ0) is 14.4. The molecule has 2 atom stereocenters. The summed E-state index contributed by atoms with van der Waals surface area (Å²) in [5.74, 6) is -1.01. The van der Waals surface area contributed by atoms with Crippen LogP contribution in [0.3, 0.4) is 0 Å². The van der Waals surface area contributed by atoms with Crippen molar-refractivity contribution in [2.24, 2.45) is 0 Å². The molecule has 0 bridgehead atoms. The number of rotatable bonds is 7. The first-order valence-corrected chi connectivity index (χ1v) is 6.66. The Morgan fingerprint density at radius 2 is 1.84 bits per heavy atom. The van der Waals surface area contributed by atoms with Gasteiger partial charge in [0.15, 0.2) is 0 Å². The Hall–Kier alpha value is -1.42. The van der Waals surface area contributed by atoms with E-state index in [0.717, 1.165) is 18.5 Å². The Bertz CT molecular complexity index is 405. The van der Waals surface area contributed by atoms with E-state index >= 15 is 0 Å². The number of benzene rings is 1. The highest BCUT2D eigenvalue weighted by molar-refractivity contribution is 5.67. The van der Waals surface area contributed by atoms with Crippen LogP contribution < -0.4 is 0 Å². The molecule has 0 aliphatic heterocycles. The molecule has 0 heterocycles. The summed E-state index contributed by atoms with van der Waals surface area (Å²) in [5.41, 5.74) is 1.06. The Labute approximate surface area is 114 Å². The van der Waals surface area contributed by atoms with Crippen molar-refractivity contribution >= 4 is 5.97 Å². The zero-order valence-electron chi connectivity index (χ0n) is 11.8. The maximum absolute atomic E-state index is 12.8. The minimum absolute atomic E-state index is 0.00190. The van der Waals surface area contributed by atoms with E-state index in [-0.39, 0.29) is 24.3 Å². The number of carbonyl (C=O) groups is 1. The number of carboxylic acid groups (broad SMARTS) is 1. The van der Waals surface area contributed by atoms with Crippen molar-refractivity contribution in [3.8, 4) is 0 Å². The van der Waals surface area contributed by atoms with Crippen molar-refractivity contribution in [1.82, 2.24) is 4.90 Å². The number of nitrogens with zero attached hydrogens (tertiary/aromatic N) is 1. The van der Waals surface area contributed by atoms with E-state index in [1.165, 1.54) is 12.1 Å². The number of carboxylic acids is 1. The van der Waals surface area contributed by atoms with Crippen LogP contribution in [0, 0.1) is 5.82 Å². The third-order valence-electron chi connectivity index (χ3n) is 3.41. The number of aliphatic carboxylic acids is 1. The van der Waals surface area contributed by atoms with Crippen LogP contribution in [0.1, 0.15) is 32.8 Å². The van der Waals surface area contributed by atoms with Gasteiger partial charge in [-0.15, -0.1) is 0 Å². The minimum atomic E-state index is -0.778. The first-order chi connectivity index (χ1) is 8.93. The molecule has 0 radical (unpaired) electrons. The SMILES string of the molecule is CCN(C(C)CC(=O)O)C(C)Cc1ccc(F)cc1. The third-order valence-corrected chi connectivity index (χ3v) is 3.41. The lowest BCUT2D eigenvalue weighted by molar-refractivity contribution is -0.138. The average Bonchev–Trinajstić information content (AvgIpc) is 2.32. The molecule has 0 spiro atoms. The van der Waals surface area contributed by atoms with Crippen molar-refractivity contribution in [1.29, 1.82) is 0 Å². The quantitative estimate of drug-likeness (QED) is 0.825. The molecule has 1 aromatic rings. The number of hydrogen-bond donors (Lipinski definition) is 1. The highest BCUT2D eigenvalue weighted by atomic mass is 19.1. The molecule has 0 fully saturated rings. The molecule has 106 valence electrons. The molecular formula is C15H22FNO2. The second-order valence-electron chi connectivity index (χ2n) is 4.96. The molecule has 1 rings (SSSR count). The first-order valence-electron chi connectivity index (χ1n) is 6.66. The molecule has 0 saturated heterocycles. The van der Waals surface area contributed by atoms with E-state index in [1.807, 2.05) is 13.8 Å². The molecule has 3 nitrogen and oxygen atoms in total. The highest BCUT2D eigenvalue weighted by Crippen LogP contribution is 2.14. The van der Waals surface area contributed by atoms with Crippen LogP contribution in [0.15, 0.2) is 24.3 Å². The summed E-state index contributed by atoms with van der Waals surface area (Å²) < 4.78 is 12.8. The van der Waals surface area contributed by atoms with Gasteiger partial charge in [-0.25, -0.2) is 4.39 Å². The van der Waals surface area contributed by atoms with Crippen LogP contribution in [0.5, 0.6) is 0 Å². The van der Waals surface area contributed by atoms with E-state index in [2.05, 4.69) is 11.8 Å². The van der Waals surface area contributed by atoms with Crippen molar-refractivity contribution in [3.05, 3.63) is 35.6 Å². The smallest absolute Gasteiger partial charge is 0.304 e. The molecule has 0 amide bonds. The van der Waals surface area contributed by atoms with Crippen LogP contribution in [-0.2, 0) is 11.2 Å². The first kappa shape index (κ1) is 15.6. The van der Waals surface area contributed by atoms with Crippen molar-refractivity contribution in [2.45, 2.75) is 45.7 Å². The summed E-state index contributed by atoms with van der Waals surface area (Å²) in [6.07, 6.45) is 0.930. The van der Waals surface area contributed by atoms with E-state index in [1.54, 1.807) is 12.1 Å². The van der Waals surface area contributed by atoms with Gasteiger partial charge in [-0.1, -0.05) is 19.1 Å². The molecular weight excluding hydrogens is 245 g/mol. The number of hydrogen-bond acceptors (Lipinski definition) is 2. The van der Waals surface area contributed by atoms with Gasteiger partial charge in [0, 0.05) is 12.1 Å². The normalized spacial score (nSPS) is 14.4. The molecule has 2 unspecified atom stereocenters. The lowest BCUT2D eigenvalue weighted by Crippen LogP contribution is -2.42. The highest BCUT2D eigenvalue weighted by Gasteiger charge is 2.20. The molecule has 0 aliphatic carbocycles. The van der Waals surface area contributed by atoms with Crippen molar-refractivity contribution < 1.29 is 14.3 Å². The Kier molecular flexibility index (Phi) is 5.96. The summed E-state index contributed by atoms with van der Waals surface area (Å²) in [7, 11) is 0. The van der Waals surface area contributed by atoms with E-state index < -0.39 is 5.97 Å². The Balaban J connectivity index is 2.65. The van der Waals surface area contributed by atoms with Gasteiger partial charge < -0.3 is 5.11 Å². The second kappa shape index (κ2) is 7.24. The van der Waals surface area contributed by atoms with Crippen LogP contribution in [0.4, 0.5) is 4.39 Å². The predicted molar refractivity (Wildman–Crippen MR) is 73.7 cm³/mol. The van der Waals surface area contributed by atoms with Crippen LogP contribution in [0.2, 0.25) is 0 Å². The van der Waals surface area contributed by atoms with Crippen LogP contribution >= 0.6 is 0 Å². The summed E-state index contributed by atoms with van der Waals surface area (Å²) in [5, 5.41) is 8.86. The lowest BCUT2D eigenvalue weighted by Gasteiger charge is -2.33. The Morgan fingerprint density at radius 1 is 1.26 bits per heavy atom. The van der Waals surface area contributed by atoms with Gasteiger partial charge in [-0.3, -0.25) is 9.69 Å². The van der Waals surface area contributed by atoms with E-state index in [0.29, 0.717) is 0 Å². The summed E-state index contributed by atoms with van der Waals surface area (Å²) >= 11 is 0. The van der Waals surface area contributed by atoms with Crippen molar-refractivity contribution in [3.63, 3.8) is 0 Å². The van der Waals surface area contributed by atoms with Crippen LogP contribution in [-0.4, -0.2) is 34.6 Å². The number of likely N-dealkylation sites (N-methyl/N-ethyl adjacent to an activating group) is 1. The molecule has 0 saturated carbocycles. The number of halogens is 1. The molecule has 1 N–H and O–H groups in total. The van der Waals surface area contributed by atoms with Gasteiger partial charge in [-0.05, 0) is 44.5 Å². The Morgan fingerprint density at radius 3 is 2.32 bits per heavy atom. The van der Waals surface area contributed by atoms with E-state index in [4.69, 9.17) is 5.11 Å². The fourth-order valence-electron chi connectivity index (χ4n) is 2.51. The van der Waals surface area contributed by atoms with Crippen LogP contribution in [0.25, 0.3) is 0 Å². The zero-order valence-corrected chi connectivity index (χ0v) is 11.8. The predicted octanol–water partition coefficient (Wildman–Crippen LogP) is 2.94. The molecule has 0 aliphatic rings. The maximum atomic E-state index is 12.8. The van der Waals surface area contributed by atoms with Gasteiger partial charge in [0.05, 0.1) is 6.42 Å². The minimum Gasteiger partial charge on any atom is -0.481 e. The largest absolute Gasteiger partial charge is 0.481 e.